The zero-order chi connectivity index (χ0) is 19.5. The van der Waals surface area contributed by atoms with Gasteiger partial charge in [-0.1, -0.05) is 45.9 Å². The molecular weight excluding hydrogens is 356 g/mol. The molecule has 1 aliphatic heterocycles. The van der Waals surface area contributed by atoms with Crippen LogP contribution in [-0.2, 0) is 10.0 Å². The largest absolute Gasteiger partial charge is 0.333 e. The SMILES string of the molecule is CC(C)c1cccc(C(C)C)c1NC(=O)NS(=O)(=O)C1=CNC(=O)NC1. The van der Waals surface area contributed by atoms with Crippen molar-refractivity contribution in [3.8, 4) is 0 Å². The zero-order valence-electron chi connectivity index (χ0n) is 15.2. The highest BCUT2D eigenvalue weighted by molar-refractivity contribution is 7.94. The predicted octanol–water partition coefficient (Wildman–Crippen LogP) is 2.54. The summed E-state index contributed by atoms with van der Waals surface area (Å²) in [6.07, 6.45) is 1.07. The Bertz CT molecular complexity index is 818. The number of carbonyl (C=O) groups excluding carboxylic acids is 2. The van der Waals surface area contributed by atoms with Gasteiger partial charge in [-0.05, 0) is 23.0 Å². The zero-order valence-corrected chi connectivity index (χ0v) is 16.0. The minimum absolute atomic E-state index is 0.131. The van der Waals surface area contributed by atoms with Gasteiger partial charge in [0.2, 0.25) is 0 Å². The van der Waals surface area contributed by atoms with Crippen molar-refractivity contribution in [2.45, 2.75) is 39.5 Å². The van der Waals surface area contributed by atoms with Crippen LogP contribution in [0.4, 0.5) is 15.3 Å². The first-order chi connectivity index (χ1) is 12.1. The number of sulfonamides is 1. The van der Waals surface area contributed by atoms with Gasteiger partial charge in [-0.3, -0.25) is 0 Å². The second-order valence-electron chi connectivity index (χ2n) is 6.62. The van der Waals surface area contributed by atoms with Crippen LogP contribution < -0.4 is 20.7 Å². The highest BCUT2D eigenvalue weighted by Gasteiger charge is 2.25. The summed E-state index contributed by atoms with van der Waals surface area (Å²) in [6.45, 7) is 7.82. The molecule has 0 saturated carbocycles. The lowest BCUT2D eigenvalue weighted by atomic mass is 9.93. The molecule has 0 fully saturated rings. The molecule has 1 aliphatic rings. The van der Waals surface area contributed by atoms with E-state index in [1.165, 1.54) is 0 Å². The summed E-state index contributed by atoms with van der Waals surface area (Å²) in [7, 11) is -4.07. The van der Waals surface area contributed by atoms with Crippen molar-refractivity contribution in [2.75, 3.05) is 11.9 Å². The molecule has 0 radical (unpaired) electrons. The maximum absolute atomic E-state index is 12.3. The molecule has 9 heteroatoms. The average molecular weight is 380 g/mol. The quantitative estimate of drug-likeness (QED) is 0.628. The number of para-hydroxylation sites is 1. The van der Waals surface area contributed by atoms with E-state index in [0.717, 1.165) is 17.3 Å². The summed E-state index contributed by atoms with van der Waals surface area (Å²) in [6, 6.07) is 4.39. The summed E-state index contributed by atoms with van der Waals surface area (Å²) in [4.78, 5) is 23.3. The number of rotatable bonds is 5. The maximum Gasteiger partial charge on any atom is 0.333 e. The molecule has 0 atom stereocenters. The van der Waals surface area contributed by atoms with E-state index < -0.39 is 22.1 Å². The van der Waals surface area contributed by atoms with Gasteiger partial charge in [0.25, 0.3) is 10.0 Å². The third-order valence-electron chi connectivity index (χ3n) is 3.97. The molecule has 2 rings (SSSR count). The lowest BCUT2D eigenvalue weighted by Gasteiger charge is -2.21. The number of amides is 4. The molecule has 0 spiro atoms. The van der Waals surface area contributed by atoms with Crippen molar-refractivity contribution < 1.29 is 18.0 Å². The molecule has 26 heavy (non-hydrogen) atoms. The molecule has 1 heterocycles. The van der Waals surface area contributed by atoms with E-state index in [1.54, 1.807) is 0 Å². The molecule has 8 nitrogen and oxygen atoms in total. The number of nitrogens with one attached hydrogen (secondary N) is 4. The van der Waals surface area contributed by atoms with E-state index in [2.05, 4.69) is 16.0 Å². The van der Waals surface area contributed by atoms with Gasteiger partial charge in [-0.2, -0.15) is 0 Å². The lowest BCUT2D eigenvalue weighted by Crippen LogP contribution is -2.44. The van der Waals surface area contributed by atoms with Gasteiger partial charge >= 0.3 is 12.1 Å². The van der Waals surface area contributed by atoms with E-state index in [9.17, 15) is 18.0 Å². The Morgan fingerprint density at radius 3 is 2.15 bits per heavy atom. The van der Waals surface area contributed by atoms with Gasteiger partial charge in [0, 0.05) is 11.9 Å². The fraction of sp³-hybridized carbons (Fsp3) is 0.412. The van der Waals surface area contributed by atoms with Crippen LogP contribution in [-0.4, -0.2) is 27.0 Å². The van der Waals surface area contributed by atoms with Crippen LogP contribution in [0.5, 0.6) is 0 Å². The second-order valence-corrected chi connectivity index (χ2v) is 8.35. The number of urea groups is 2. The summed E-state index contributed by atoms with van der Waals surface area (Å²) in [5.74, 6) is 0.308. The van der Waals surface area contributed by atoms with Crippen molar-refractivity contribution in [1.29, 1.82) is 0 Å². The van der Waals surface area contributed by atoms with E-state index >= 15 is 0 Å². The molecule has 0 unspecified atom stereocenters. The molecule has 1 aromatic carbocycles. The standard InChI is InChI=1S/C17H24N4O4S/c1-10(2)13-6-5-7-14(11(3)4)15(13)20-17(23)21-26(24,25)12-8-18-16(22)19-9-12/h5-8,10-11H,9H2,1-4H3,(H2,18,19,22)(H2,20,21,23). The van der Waals surface area contributed by atoms with Gasteiger partial charge in [0.05, 0.1) is 6.54 Å². The Balaban J connectivity index is 2.24. The number of anilines is 1. The van der Waals surface area contributed by atoms with Crippen molar-refractivity contribution >= 4 is 27.8 Å². The Morgan fingerprint density at radius 1 is 1.12 bits per heavy atom. The highest BCUT2D eigenvalue weighted by atomic mass is 32.2. The van der Waals surface area contributed by atoms with Crippen LogP contribution in [0.1, 0.15) is 50.7 Å². The van der Waals surface area contributed by atoms with Crippen molar-refractivity contribution in [3.05, 3.63) is 40.4 Å². The topological polar surface area (TPSA) is 116 Å². The van der Waals surface area contributed by atoms with Crippen LogP contribution in [0.2, 0.25) is 0 Å². The van der Waals surface area contributed by atoms with Gasteiger partial charge in [0.1, 0.15) is 4.91 Å². The molecule has 0 bridgehead atoms. The van der Waals surface area contributed by atoms with Crippen LogP contribution in [0.15, 0.2) is 29.3 Å². The fourth-order valence-electron chi connectivity index (χ4n) is 2.61. The summed E-state index contributed by atoms with van der Waals surface area (Å²) < 4.78 is 26.6. The fourth-order valence-corrected chi connectivity index (χ4v) is 3.51. The minimum Gasteiger partial charge on any atom is -0.333 e. The number of hydrogen-bond acceptors (Lipinski definition) is 4. The number of carbonyl (C=O) groups is 2. The molecule has 0 saturated heterocycles. The van der Waals surface area contributed by atoms with Gasteiger partial charge < -0.3 is 16.0 Å². The monoisotopic (exact) mass is 380 g/mol. The third-order valence-corrected chi connectivity index (χ3v) is 5.38. The van der Waals surface area contributed by atoms with Crippen LogP contribution in [0.25, 0.3) is 0 Å². The Labute approximate surface area is 153 Å². The molecule has 4 amide bonds. The Morgan fingerprint density at radius 2 is 1.69 bits per heavy atom. The molecule has 0 aliphatic carbocycles. The predicted molar refractivity (Wildman–Crippen MR) is 100 cm³/mol. The summed E-state index contributed by atoms with van der Waals surface area (Å²) in [5, 5.41) is 7.27. The van der Waals surface area contributed by atoms with Gasteiger partial charge in [-0.25, -0.2) is 22.7 Å². The first kappa shape index (κ1) is 19.8. The lowest BCUT2D eigenvalue weighted by molar-refractivity contribution is 0.244. The smallest absolute Gasteiger partial charge is 0.333 e. The summed E-state index contributed by atoms with van der Waals surface area (Å²) >= 11 is 0. The van der Waals surface area contributed by atoms with E-state index in [1.807, 2.05) is 50.6 Å². The Kier molecular flexibility index (Phi) is 5.91. The number of benzene rings is 1. The first-order valence-corrected chi connectivity index (χ1v) is 9.80. The number of hydrogen-bond donors (Lipinski definition) is 4. The molecular formula is C17H24N4O4S. The molecule has 142 valence electrons. The van der Waals surface area contributed by atoms with Crippen molar-refractivity contribution in [1.82, 2.24) is 15.4 Å². The van der Waals surface area contributed by atoms with Crippen molar-refractivity contribution in [3.63, 3.8) is 0 Å². The Hall–Kier alpha value is -2.55. The van der Waals surface area contributed by atoms with Crippen LogP contribution >= 0.6 is 0 Å². The van der Waals surface area contributed by atoms with E-state index in [0.29, 0.717) is 5.69 Å². The van der Waals surface area contributed by atoms with E-state index in [4.69, 9.17) is 0 Å². The minimum atomic E-state index is -4.07. The van der Waals surface area contributed by atoms with Gasteiger partial charge in [0.15, 0.2) is 0 Å². The van der Waals surface area contributed by atoms with E-state index in [-0.39, 0.29) is 23.3 Å². The molecule has 4 N–H and O–H groups in total. The summed E-state index contributed by atoms with van der Waals surface area (Å²) in [5.41, 5.74) is 2.47. The van der Waals surface area contributed by atoms with Crippen LogP contribution in [0.3, 0.4) is 0 Å². The third kappa shape index (κ3) is 4.54. The normalized spacial score (nSPS) is 14.5. The molecule has 0 aromatic heterocycles. The van der Waals surface area contributed by atoms with Crippen LogP contribution in [0, 0.1) is 0 Å². The second kappa shape index (κ2) is 7.77. The van der Waals surface area contributed by atoms with Gasteiger partial charge in [-0.15, -0.1) is 0 Å². The first-order valence-electron chi connectivity index (χ1n) is 8.32. The maximum atomic E-state index is 12.3. The highest BCUT2D eigenvalue weighted by Crippen LogP contribution is 2.32. The average Bonchev–Trinajstić information content (AvgIpc) is 2.54. The molecule has 1 aromatic rings. The van der Waals surface area contributed by atoms with Crippen molar-refractivity contribution in [2.24, 2.45) is 0 Å².